The first-order valence-electron chi connectivity index (χ1n) is 12.5. The maximum absolute atomic E-state index is 13.8. The molecule has 5 rings (SSSR count). The van der Waals surface area contributed by atoms with Gasteiger partial charge in [-0.25, -0.2) is 13.8 Å². The number of aromatic nitrogens is 5. The minimum atomic E-state index is -4.75. The van der Waals surface area contributed by atoms with Crippen molar-refractivity contribution < 1.29 is 31.5 Å². The van der Waals surface area contributed by atoms with Crippen LogP contribution < -0.4 is 11.1 Å². The van der Waals surface area contributed by atoms with E-state index < -0.39 is 41.8 Å². The summed E-state index contributed by atoms with van der Waals surface area (Å²) in [5.74, 6) is -1.93. The standard InChI is InChI=1S/C25H23BrF5N7O2S/c1-4-37-8-13(9(2)35-37)12-7-14(21(27)28)33-24-15(12)17(19(41-24)22(32)39)34-23(40)10(3)38-18(11-5-6-11)16(26)20(36-38)25(29,30)31/h7-8,10-11,21H,4-6H2,1-3H3,(H2,32,39)(H,34,40). The van der Waals surface area contributed by atoms with Crippen LogP contribution in [0.2, 0.25) is 0 Å². The van der Waals surface area contributed by atoms with Crippen molar-refractivity contribution in [1.82, 2.24) is 24.5 Å². The molecule has 1 aliphatic carbocycles. The highest BCUT2D eigenvalue weighted by molar-refractivity contribution is 9.10. The lowest BCUT2D eigenvalue weighted by molar-refractivity contribution is -0.142. The molecule has 0 aliphatic heterocycles. The third-order valence-electron chi connectivity index (χ3n) is 6.80. The van der Waals surface area contributed by atoms with E-state index in [1.807, 2.05) is 6.92 Å². The number of amides is 2. The molecule has 0 radical (unpaired) electrons. The molecule has 16 heteroatoms. The second-order valence-corrected chi connectivity index (χ2v) is 11.5. The summed E-state index contributed by atoms with van der Waals surface area (Å²) in [6.45, 7) is 5.41. The summed E-state index contributed by atoms with van der Waals surface area (Å²) in [4.78, 5) is 29.9. The van der Waals surface area contributed by atoms with Crippen LogP contribution in [0, 0.1) is 6.92 Å². The van der Waals surface area contributed by atoms with E-state index in [1.165, 1.54) is 13.0 Å². The Labute approximate surface area is 242 Å². The topological polar surface area (TPSA) is 121 Å². The SMILES string of the molecule is CCn1cc(-c2cc(C(F)F)nc3sc(C(N)=O)c(NC(=O)C(C)n4nc(C(F)(F)F)c(Br)c4C4CC4)c23)c(C)n1. The zero-order valence-electron chi connectivity index (χ0n) is 21.8. The number of fused-ring (bicyclic) bond motifs is 1. The average Bonchev–Trinajstić information content (AvgIpc) is 3.41. The van der Waals surface area contributed by atoms with Crippen LogP contribution in [-0.2, 0) is 17.5 Å². The van der Waals surface area contributed by atoms with Gasteiger partial charge in [-0.2, -0.15) is 23.4 Å². The largest absolute Gasteiger partial charge is 0.436 e. The van der Waals surface area contributed by atoms with Gasteiger partial charge in [0.2, 0.25) is 5.91 Å². The molecule has 4 heterocycles. The fourth-order valence-corrected chi connectivity index (χ4v) is 6.47. The molecule has 1 atom stereocenters. The van der Waals surface area contributed by atoms with Crippen molar-refractivity contribution in [2.45, 2.75) is 64.7 Å². The third-order valence-corrected chi connectivity index (χ3v) is 8.68. The van der Waals surface area contributed by atoms with Gasteiger partial charge in [0, 0.05) is 29.6 Å². The molecule has 1 saturated carbocycles. The number of primary amides is 1. The number of pyridine rings is 1. The first kappa shape index (κ1) is 29.1. The lowest BCUT2D eigenvalue weighted by Gasteiger charge is -2.17. The van der Waals surface area contributed by atoms with Crippen molar-refractivity contribution in [1.29, 1.82) is 0 Å². The Hall–Kier alpha value is -3.40. The second-order valence-electron chi connectivity index (χ2n) is 9.66. The molecule has 0 saturated heterocycles. The number of halogens is 6. The summed E-state index contributed by atoms with van der Waals surface area (Å²) in [5.41, 5.74) is 5.31. The van der Waals surface area contributed by atoms with E-state index >= 15 is 0 Å². The third kappa shape index (κ3) is 5.22. The van der Waals surface area contributed by atoms with Gasteiger partial charge < -0.3 is 11.1 Å². The maximum atomic E-state index is 13.8. The second kappa shape index (κ2) is 10.5. The van der Waals surface area contributed by atoms with Gasteiger partial charge in [0.1, 0.15) is 21.4 Å². The molecule has 1 fully saturated rings. The Bertz CT molecular complexity index is 1690. The molecule has 3 N–H and O–H groups in total. The van der Waals surface area contributed by atoms with Crippen molar-refractivity contribution >= 4 is 55.0 Å². The Balaban J connectivity index is 1.65. The van der Waals surface area contributed by atoms with Gasteiger partial charge in [-0.05, 0) is 61.2 Å². The Morgan fingerprint density at radius 2 is 1.93 bits per heavy atom. The van der Waals surface area contributed by atoms with Crippen LogP contribution in [0.1, 0.15) is 77.5 Å². The summed E-state index contributed by atoms with van der Waals surface area (Å²) in [5, 5.41) is 10.9. The van der Waals surface area contributed by atoms with Crippen LogP contribution >= 0.6 is 27.3 Å². The molecular formula is C25H23BrF5N7O2S. The molecule has 4 aromatic rings. The smallest absolute Gasteiger partial charge is 0.365 e. The quantitative estimate of drug-likeness (QED) is 0.207. The van der Waals surface area contributed by atoms with Gasteiger partial charge in [-0.3, -0.25) is 19.0 Å². The number of carbonyl (C=O) groups excluding carboxylic acids is 2. The molecule has 0 aromatic carbocycles. The molecule has 2 amide bonds. The van der Waals surface area contributed by atoms with Crippen molar-refractivity contribution in [2.24, 2.45) is 5.73 Å². The van der Waals surface area contributed by atoms with Crippen LogP contribution in [0.4, 0.5) is 27.6 Å². The fourth-order valence-electron chi connectivity index (χ4n) is 4.64. The van der Waals surface area contributed by atoms with E-state index in [0.29, 0.717) is 30.6 Å². The van der Waals surface area contributed by atoms with Crippen LogP contribution in [-0.4, -0.2) is 36.4 Å². The molecule has 0 bridgehead atoms. The van der Waals surface area contributed by atoms with Crippen LogP contribution in [0.25, 0.3) is 21.3 Å². The van der Waals surface area contributed by atoms with Gasteiger partial charge in [-0.1, -0.05) is 0 Å². The number of rotatable bonds is 8. The lowest BCUT2D eigenvalue weighted by Crippen LogP contribution is -2.27. The first-order valence-corrected chi connectivity index (χ1v) is 14.1. The van der Waals surface area contributed by atoms with Gasteiger partial charge in [0.15, 0.2) is 5.69 Å². The summed E-state index contributed by atoms with van der Waals surface area (Å²) in [7, 11) is 0. The molecule has 9 nitrogen and oxygen atoms in total. The highest BCUT2D eigenvalue weighted by Crippen LogP contribution is 2.48. The molecule has 41 heavy (non-hydrogen) atoms. The number of nitrogens with two attached hydrogens (primary N) is 1. The molecule has 1 unspecified atom stereocenters. The van der Waals surface area contributed by atoms with Crippen molar-refractivity contribution in [3.05, 3.63) is 44.4 Å². The van der Waals surface area contributed by atoms with E-state index in [4.69, 9.17) is 5.73 Å². The zero-order chi connectivity index (χ0) is 30.0. The van der Waals surface area contributed by atoms with Crippen LogP contribution in [0.5, 0.6) is 0 Å². The summed E-state index contributed by atoms with van der Waals surface area (Å²) < 4.78 is 71.0. The normalized spacial score (nSPS) is 14.7. The lowest BCUT2D eigenvalue weighted by atomic mass is 10.0. The number of alkyl halides is 5. The van der Waals surface area contributed by atoms with Gasteiger partial charge in [0.25, 0.3) is 12.3 Å². The highest BCUT2D eigenvalue weighted by Gasteiger charge is 2.43. The molecule has 4 aromatic heterocycles. The Morgan fingerprint density at radius 3 is 2.46 bits per heavy atom. The fraction of sp³-hybridized carbons (Fsp3) is 0.400. The zero-order valence-corrected chi connectivity index (χ0v) is 24.2. The predicted octanol–water partition coefficient (Wildman–Crippen LogP) is 6.58. The molecular weight excluding hydrogens is 637 g/mol. The maximum Gasteiger partial charge on any atom is 0.436 e. The van der Waals surface area contributed by atoms with E-state index in [1.54, 1.807) is 17.8 Å². The number of carbonyl (C=O) groups is 2. The number of nitrogens with one attached hydrogen (secondary N) is 1. The highest BCUT2D eigenvalue weighted by atomic mass is 79.9. The van der Waals surface area contributed by atoms with E-state index in [0.717, 1.165) is 16.0 Å². The molecule has 1 aliphatic rings. The van der Waals surface area contributed by atoms with Gasteiger partial charge in [0.05, 0.1) is 21.5 Å². The summed E-state index contributed by atoms with van der Waals surface area (Å²) in [6, 6.07) is -0.0751. The monoisotopic (exact) mass is 659 g/mol. The number of aryl methyl sites for hydroxylation is 2. The number of anilines is 1. The van der Waals surface area contributed by atoms with Crippen LogP contribution in [0.3, 0.4) is 0 Å². The number of nitrogens with zero attached hydrogens (tertiary/aromatic N) is 5. The first-order chi connectivity index (χ1) is 19.2. The summed E-state index contributed by atoms with van der Waals surface area (Å²) in [6.07, 6.45) is -4.75. The Kier molecular flexibility index (Phi) is 7.42. The van der Waals surface area contributed by atoms with E-state index in [2.05, 4.69) is 36.4 Å². The Morgan fingerprint density at radius 1 is 1.24 bits per heavy atom. The van der Waals surface area contributed by atoms with Crippen molar-refractivity contribution in [3.8, 4) is 11.1 Å². The van der Waals surface area contributed by atoms with Gasteiger partial charge in [-0.15, -0.1) is 11.3 Å². The predicted molar refractivity (Wildman–Crippen MR) is 145 cm³/mol. The summed E-state index contributed by atoms with van der Waals surface area (Å²) >= 11 is 3.74. The minimum Gasteiger partial charge on any atom is -0.365 e. The average molecular weight is 660 g/mol. The molecule has 0 spiro atoms. The van der Waals surface area contributed by atoms with Crippen LogP contribution in [0.15, 0.2) is 16.7 Å². The van der Waals surface area contributed by atoms with Crippen molar-refractivity contribution in [2.75, 3.05) is 5.32 Å². The van der Waals surface area contributed by atoms with Crippen molar-refractivity contribution in [3.63, 3.8) is 0 Å². The van der Waals surface area contributed by atoms with E-state index in [9.17, 15) is 31.5 Å². The van der Waals surface area contributed by atoms with E-state index in [-0.39, 0.29) is 42.4 Å². The number of hydrogen-bond donors (Lipinski definition) is 2. The number of thiophene rings is 1. The minimum absolute atomic E-state index is 0.0260. The number of hydrogen-bond acceptors (Lipinski definition) is 6. The van der Waals surface area contributed by atoms with Gasteiger partial charge >= 0.3 is 6.18 Å². The molecule has 218 valence electrons.